The van der Waals surface area contributed by atoms with Gasteiger partial charge < -0.3 is 14.5 Å². The number of carbonyl (C=O) groups excluding carboxylic acids is 2. The average molecular weight is 448 g/mol. The van der Waals surface area contributed by atoms with E-state index in [-0.39, 0.29) is 24.4 Å². The Kier molecular flexibility index (Phi) is 6.81. The molecule has 8 heteroatoms. The van der Waals surface area contributed by atoms with E-state index in [1.54, 1.807) is 25.7 Å². The number of ether oxygens (including phenoxy) is 1. The predicted octanol–water partition coefficient (Wildman–Crippen LogP) is 4.86. The Balaban J connectivity index is 1.95. The van der Waals surface area contributed by atoms with Crippen LogP contribution >= 0.6 is 0 Å². The van der Waals surface area contributed by atoms with E-state index in [2.05, 4.69) is 0 Å². The highest BCUT2D eigenvalue weighted by molar-refractivity contribution is 5.79. The van der Waals surface area contributed by atoms with Crippen LogP contribution in [-0.4, -0.2) is 47.0 Å². The molecule has 2 amide bonds. The molecule has 0 aromatic heterocycles. The molecule has 1 saturated heterocycles. The second kappa shape index (κ2) is 9.22. The Morgan fingerprint density at radius 2 is 1.72 bits per heavy atom. The lowest BCUT2D eigenvalue weighted by Crippen LogP contribution is -2.54. The molecule has 172 valence electrons. The van der Waals surface area contributed by atoms with Gasteiger partial charge in [-0.15, -0.1) is 0 Å². The van der Waals surface area contributed by atoms with Gasteiger partial charge in [-0.1, -0.05) is 30.3 Å². The number of benzene rings is 2. The van der Waals surface area contributed by atoms with Crippen molar-refractivity contribution in [1.29, 1.82) is 0 Å². The second-order valence-electron chi connectivity index (χ2n) is 9.02. The van der Waals surface area contributed by atoms with Crippen molar-refractivity contribution in [2.24, 2.45) is 0 Å². The molecule has 2 atom stereocenters. The van der Waals surface area contributed by atoms with Crippen molar-refractivity contribution in [1.82, 2.24) is 9.80 Å². The third-order valence-corrected chi connectivity index (χ3v) is 5.45. The van der Waals surface area contributed by atoms with Crippen LogP contribution in [0.15, 0.2) is 42.5 Å². The maximum absolute atomic E-state index is 14.6. The molecule has 1 aliphatic rings. The third kappa shape index (κ3) is 5.41. The molecule has 2 aromatic rings. The summed E-state index contributed by atoms with van der Waals surface area (Å²) in [5.74, 6) is -4.60. The monoisotopic (exact) mass is 448 g/mol. The minimum atomic E-state index is -1.31. The summed E-state index contributed by atoms with van der Waals surface area (Å²) in [6.07, 6.45) is -0.809. The van der Waals surface area contributed by atoms with Crippen molar-refractivity contribution in [2.45, 2.75) is 51.3 Å². The van der Waals surface area contributed by atoms with Crippen molar-refractivity contribution >= 4 is 12.0 Å². The van der Waals surface area contributed by atoms with Gasteiger partial charge in [0, 0.05) is 38.5 Å². The first-order chi connectivity index (χ1) is 15.0. The van der Waals surface area contributed by atoms with Gasteiger partial charge >= 0.3 is 6.09 Å². The zero-order chi connectivity index (χ0) is 23.6. The lowest BCUT2D eigenvalue weighted by molar-refractivity contribution is -0.136. The number of rotatable bonds is 4. The molecule has 0 aliphatic carbocycles. The molecule has 3 rings (SSSR count). The van der Waals surface area contributed by atoms with Gasteiger partial charge in [0.2, 0.25) is 5.91 Å². The Bertz CT molecular complexity index is 992. The molecule has 5 nitrogen and oxygen atoms in total. The number of piperidine rings is 1. The first-order valence-corrected chi connectivity index (χ1v) is 10.4. The Morgan fingerprint density at radius 1 is 1.09 bits per heavy atom. The summed E-state index contributed by atoms with van der Waals surface area (Å²) in [5, 5.41) is 0. The van der Waals surface area contributed by atoms with Gasteiger partial charge in [-0.2, -0.15) is 0 Å². The minimum Gasteiger partial charge on any atom is -0.444 e. The molecule has 1 aliphatic heterocycles. The summed E-state index contributed by atoms with van der Waals surface area (Å²) in [6, 6.07) is 9.86. The fourth-order valence-corrected chi connectivity index (χ4v) is 3.87. The van der Waals surface area contributed by atoms with E-state index >= 15 is 0 Å². The molecule has 1 heterocycles. The molecule has 0 spiro atoms. The van der Waals surface area contributed by atoms with E-state index in [0.717, 1.165) is 11.6 Å². The van der Waals surface area contributed by atoms with Crippen LogP contribution in [-0.2, 0) is 16.1 Å². The molecule has 0 saturated carbocycles. The van der Waals surface area contributed by atoms with E-state index in [4.69, 9.17) is 4.74 Å². The highest BCUT2D eigenvalue weighted by Crippen LogP contribution is 2.35. The van der Waals surface area contributed by atoms with Crippen molar-refractivity contribution in [3.63, 3.8) is 0 Å². The zero-order valence-corrected chi connectivity index (χ0v) is 18.6. The van der Waals surface area contributed by atoms with E-state index < -0.39 is 41.1 Å². The van der Waals surface area contributed by atoms with Gasteiger partial charge in [-0.25, -0.2) is 18.0 Å². The van der Waals surface area contributed by atoms with E-state index in [1.165, 1.54) is 11.9 Å². The topological polar surface area (TPSA) is 49.9 Å². The fourth-order valence-electron chi connectivity index (χ4n) is 3.87. The summed E-state index contributed by atoms with van der Waals surface area (Å²) in [7, 11) is 1.50. The van der Waals surface area contributed by atoms with Gasteiger partial charge in [0.25, 0.3) is 0 Å². The summed E-state index contributed by atoms with van der Waals surface area (Å²) >= 11 is 0. The molecule has 0 bridgehead atoms. The molecule has 0 unspecified atom stereocenters. The molecular weight excluding hydrogens is 421 g/mol. The first kappa shape index (κ1) is 23.6. The van der Waals surface area contributed by atoms with E-state index in [0.29, 0.717) is 12.6 Å². The second-order valence-corrected chi connectivity index (χ2v) is 9.02. The van der Waals surface area contributed by atoms with Crippen LogP contribution in [0.1, 0.15) is 44.2 Å². The maximum Gasteiger partial charge on any atom is 0.410 e. The number of nitrogens with zero attached hydrogens (tertiary/aromatic N) is 2. The van der Waals surface area contributed by atoms with Crippen LogP contribution in [0.2, 0.25) is 0 Å². The van der Waals surface area contributed by atoms with Crippen molar-refractivity contribution in [2.75, 3.05) is 13.6 Å². The number of likely N-dealkylation sites (N-methyl/N-ethyl adjacent to an activating group) is 1. The van der Waals surface area contributed by atoms with Gasteiger partial charge in [0.15, 0.2) is 11.6 Å². The Hall–Kier alpha value is -3.03. The quantitative estimate of drug-likeness (QED) is 0.628. The van der Waals surface area contributed by atoms with Crippen molar-refractivity contribution in [3.8, 4) is 0 Å². The van der Waals surface area contributed by atoms with Gasteiger partial charge in [-0.05, 0) is 38.0 Å². The first-order valence-electron chi connectivity index (χ1n) is 10.4. The van der Waals surface area contributed by atoms with Crippen LogP contribution in [0, 0.1) is 17.5 Å². The maximum atomic E-state index is 14.6. The normalized spacial score (nSPS) is 19.1. The van der Waals surface area contributed by atoms with Crippen LogP contribution in [0.25, 0.3) is 0 Å². The number of halogens is 3. The third-order valence-electron chi connectivity index (χ3n) is 5.45. The summed E-state index contributed by atoms with van der Waals surface area (Å²) < 4.78 is 47.5. The molecule has 0 N–H and O–H groups in total. The molecule has 32 heavy (non-hydrogen) atoms. The van der Waals surface area contributed by atoms with Crippen molar-refractivity contribution in [3.05, 3.63) is 71.0 Å². The smallest absolute Gasteiger partial charge is 0.410 e. The van der Waals surface area contributed by atoms with E-state index in [1.807, 2.05) is 30.3 Å². The van der Waals surface area contributed by atoms with Gasteiger partial charge in [0.1, 0.15) is 11.4 Å². The number of likely N-dealkylation sites (tertiary alicyclic amines) is 1. The van der Waals surface area contributed by atoms with Crippen LogP contribution in [0.3, 0.4) is 0 Å². The van der Waals surface area contributed by atoms with E-state index in [9.17, 15) is 22.8 Å². The SMILES string of the molecule is CN(C(=O)OC(C)(C)C)[C@H]1CN(Cc2ccccc2)C(=O)C[C@@H]1c1cc(F)c(F)cc1F. The number of amides is 2. The largest absolute Gasteiger partial charge is 0.444 e. The molecule has 2 aromatic carbocycles. The summed E-state index contributed by atoms with van der Waals surface area (Å²) in [5.41, 5.74) is -0.00329. The standard InChI is InChI=1S/C24H27F3N2O3/c1-24(2,3)32-23(31)28(4)21-14-29(13-15-8-6-5-7-9-15)22(30)11-17(21)16-10-19(26)20(27)12-18(16)25/h5-10,12,17,21H,11,13-14H2,1-4H3/t17-,21+/m1/s1. The number of hydrogen-bond acceptors (Lipinski definition) is 3. The Morgan fingerprint density at radius 3 is 2.34 bits per heavy atom. The number of hydrogen-bond donors (Lipinski definition) is 0. The zero-order valence-electron chi connectivity index (χ0n) is 18.6. The summed E-state index contributed by atoms with van der Waals surface area (Å²) in [4.78, 5) is 28.6. The molecule has 1 fully saturated rings. The molecular formula is C24H27F3N2O3. The van der Waals surface area contributed by atoms with Crippen molar-refractivity contribution < 1.29 is 27.5 Å². The van der Waals surface area contributed by atoms with Crippen LogP contribution in [0.5, 0.6) is 0 Å². The lowest BCUT2D eigenvalue weighted by Gasteiger charge is -2.43. The van der Waals surface area contributed by atoms with Crippen LogP contribution < -0.4 is 0 Å². The predicted molar refractivity (Wildman–Crippen MR) is 113 cm³/mol. The fraction of sp³-hybridized carbons (Fsp3) is 0.417. The minimum absolute atomic E-state index is 0.0899. The summed E-state index contributed by atoms with van der Waals surface area (Å²) in [6.45, 7) is 5.56. The van der Waals surface area contributed by atoms with Crippen LogP contribution in [0.4, 0.5) is 18.0 Å². The average Bonchev–Trinajstić information content (AvgIpc) is 2.71. The Labute approximate surface area is 185 Å². The number of carbonyl (C=O) groups is 2. The lowest BCUT2D eigenvalue weighted by atomic mass is 9.83. The van der Waals surface area contributed by atoms with Gasteiger partial charge in [0.05, 0.1) is 6.04 Å². The molecule has 0 radical (unpaired) electrons. The highest BCUT2D eigenvalue weighted by atomic mass is 19.2. The highest BCUT2D eigenvalue weighted by Gasteiger charge is 2.41. The van der Waals surface area contributed by atoms with Gasteiger partial charge in [-0.3, -0.25) is 4.79 Å².